The smallest absolute Gasteiger partial charge is 0.123 e. The lowest BCUT2D eigenvalue weighted by atomic mass is 9.98. The molecule has 4 rings (SSSR count). The maximum atomic E-state index is 13.4. The van der Waals surface area contributed by atoms with Crippen LogP contribution in [-0.4, -0.2) is 24.1 Å². The van der Waals surface area contributed by atoms with Crippen LogP contribution in [0.5, 0.6) is 0 Å². The summed E-state index contributed by atoms with van der Waals surface area (Å²) < 4.78 is 13.4. The van der Waals surface area contributed by atoms with E-state index in [0.717, 1.165) is 37.4 Å². The number of aryl methyl sites for hydroxylation is 2. The van der Waals surface area contributed by atoms with E-state index in [4.69, 9.17) is 0 Å². The summed E-state index contributed by atoms with van der Waals surface area (Å²) in [5.74, 6) is 0.585. The standard InChI is InChI=1S/C22H28FN3/c1-15-4-3-11-24-21(15)22(17-5-6-17)25-19-9-12-26(13-10-19)20-8-7-18(23)14-16(20)2/h3-4,7-8,11,14,17,19,22,25H,5-6,9-10,12-13H2,1-2H3. The van der Waals surface area contributed by atoms with Crippen molar-refractivity contribution in [3.63, 3.8) is 0 Å². The molecule has 1 aliphatic carbocycles. The van der Waals surface area contributed by atoms with Gasteiger partial charge in [0.25, 0.3) is 0 Å². The zero-order valence-corrected chi connectivity index (χ0v) is 15.7. The van der Waals surface area contributed by atoms with Crippen LogP contribution in [0.15, 0.2) is 36.5 Å². The Morgan fingerprint density at radius 1 is 1.08 bits per heavy atom. The fraction of sp³-hybridized carbons (Fsp3) is 0.500. The number of hydrogen-bond acceptors (Lipinski definition) is 3. The van der Waals surface area contributed by atoms with E-state index in [2.05, 4.69) is 28.2 Å². The van der Waals surface area contributed by atoms with Crippen molar-refractivity contribution in [1.82, 2.24) is 10.3 Å². The van der Waals surface area contributed by atoms with Crippen molar-refractivity contribution in [3.8, 4) is 0 Å². The Kier molecular flexibility index (Phi) is 4.94. The molecule has 1 aromatic heterocycles. The Labute approximate surface area is 155 Å². The van der Waals surface area contributed by atoms with E-state index in [0.29, 0.717) is 12.1 Å². The van der Waals surface area contributed by atoms with E-state index in [1.807, 2.05) is 25.3 Å². The molecule has 1 unspecified atom stereocenters. The third-order valence-electron chi connectivity index (χ3n) is 5.85. The van der Waals surface area contributed by atoms with E-state index < -0.39 is 0 Å². The van der Waals surface area contributed by atoms with Crippen molar-refractivity contribution in [3.05, 3.63) is 59.2 Å². The van der Waals surface area contributed by atoms with Crippen molar-refractivity contribution < 1.29 is 4.39 Å². The first kappa shape index (κ1) is 17.5. The van der Waals surface area contributed by atoms with E-state index in [1.54, 1.807) is 12.1 Å². The summed E-state index contributed by atoms with van der Waals surface area (Å²) in [5, 5.41) is 3.92. The number of hydrogen-bond donors (Lipinski definition) is 1. The summed E-state index contributed by atoms with van der Waals surface area (Å²) in [6, 6.07) is 10.2. The molecule has 2 aromatic rings. The van der Waals surface area contributed by atoms with Gasteiger partial charge < -0.3 is 10.2 Å². The second-order valence-corrected chi connectivity index (χ2v) is 7.88. The third-order valence-corrected chi connectivity index (χ3v) is 5.85. The van der Waals surface area contributed by atoms with Crippen LogP contribution in [0, 0.1) is 25.6 Å². The normalized spacial score (nSPS) is 19.6. The molecule has 1 atom stereocenters. The summed E-state index contributed by atoms with van der Waals surface area (Å²) in [5.41, 5.74) is 4.71. The summed E-state index contributed by atoms with van der Waals surface area (Å²) in [7, 11) is 0. The quantitative estimate of drug-likeness (QED) is 0.855. The molecule has 1 aliphatic heterocycles. The Hall–Kier alpha value is -1.94. The van der Waals surface area contributed by atoms with Crippen LogP contribution < -0.4 is 10.2 Å². The summed E-state index contributed by atoms with van der Waals surface area (Å²) in [6.07, 6.45) is 6.76. The zero-order chi connectivity index (χ0) is 18.1. The first-order valence-electron chi connectivity index (χ1n) is 9.80. The molecule has 138 valence electrons. The van der Waals surface area contributed by atoms with E-state index in [-0.39, 0.29) is 5.82 Å². The molecule has 2 aliphatic rings. The van der Waals surface area contributed by atoms with Crippen LogP contribution in [0.25, 0.3) is 0 Å². The molecule has 26 heavy (non-hydrogen) atoms. The van der Waals surface area contributed by atoms with Crippen LogP contribution in [0.2, 0.25) is 0 Å². The van der Waals surface area contributed by atoms with Gasteiger partial charge in [-0.3, -0.25) is 4.98 Å². The van der Waals surface area contributed by atoms with Gasteiger partial charge in [0.05, 0.1) is 11.7 Å². The summed E-state index contributed by atoms with van der Waals surface area (Å²) in [6.45, 7) is 6.19. The van der Waals surface area contributed by atoms with Gasteiger partial charge in [-0.2, -0.15) is 0 Å². The second kappa shape index (κ2) is 7.36. The second-order valence-electron chi connectivity index (χ2n) is 7.88. The number of rotatable bonds is 5. The number of nitrogens with zero attached hydrogens (tertiary/aromatic N) is 2. The zero-order valence-electron chi connectivity index (χ0n) is 15.7. The number of nitrogens with one attached hydrogen (secondary N) is 1. The van der Waals surface area contributed by atoms with Gasteiger partial charge in [-0.15, -0.1) is 0 Å². The average molecular weight is 353 g/mol. The van der Waals surface area contributed by atoms with Crippen LogP contribution in [-0.2, 0) is 0 Å². The summed E-state index contributed by atoms with van der Waals surface area (Å²) in [4.78, 5) is 7.07. The number of aromatic nitrogens is 1. The Morgan fingerprint density at radius 2 is 1.85 bits per heavy atom. The Bertz CT molecular complexity index is 764. The van der Waals surface area contributed by atoms with Crippen LogP contribution in [0.4, 0.5) is 10.1 Å². The molecular weight excluding hydrogens is 325 g/mol. The average Bonchev–Trinajstić information content (AvgIpc) is 3.46. The number of benzene rings is 1. The number of pyridine rings is 1. The fourth-order valence-electron chi connectivity index (χ4n) is 4.21. The first-order valence-corrected chi connectivity index (χ1v) is 9.80. The van der Waals surface area contributed by atoms with Gasteiger partial charge in [0.2, 0.25) is 0 Å². The topological polar surface area (TPSA) is 28.2 Å². The molecule has 4 heteroatoms. The molecule has 1 N–H and O–H groups in total. The maximum absolute atomic E-state index is 13.4. The molecule has 1 saturated carbocycles. The Balaban J connectivity index is 1.40. The monoisotopic (exact) mass is 353 g/mol. The molecule has 2 heterocycles. The van der Waals surface area contributed by atoms with E-state index in [9.17, 15) is 4.39 Å². The predicted molar refractivity (Wildman–Crippen MR) is 104 cm³/mol. The van der Waals surface area contributed by atoms with Gasteiger partial charge in [0, 0.05) is 31.0 Å². The highest BCUT2D eigenvalue weighted by Crippen LogP contribution is 2.42. The van der Waals surface area contributed by atoms with Crippen molar-refractivity contribution >= 4 is 5.69 Å². The van der Waals surface area contributed by atoms with E-state index >= 15 is 0 Å². The van der Waals surface area contributed by atoms with Crippen molar-refractivity contribution in [2.24, 2.45) is 5.92 Å². The SMILES string of the molecule is Cc1cc(F)ccc1N1CCC(NC(c2ncccc2C)C2CC2)CC1. The predicted octanol–water partition coefficient (Wildman–Crippen LogP) is 4.55. The van der Waals surface area contributed by atoms with Gasteiger partial charge in [0.1, 0.15) is 5.82 Å². The lowest BCUT2D eigenvalue weighted by Crippen LogP contribution is -2.44. The minimum Gasteiger partial charge on any atom is -0.371 e. The van der Waals surface area contributed by atoms with E-state index in [1.165, 1.54) is 29.8 Å². The van der Waals surface area contributed by atoms with Gasteiger partial charge in [0.15, 0.2) is 0 Å². The van der Waals surface area contributed by atoms with Gasteiger partial charge in [-0.25, -0.2) is 4.39 Å². The van der Waals surface area contributed by atoms with Gasteiger partial charge >= 0.3 is 0 Å². The summed E-state index contributed by atoms with van der Waals surface area (Å²) >= 11 is 0. The molecule has 3 nitrogen and oxygen atoms in total. The molecule has 0 bridgehead atoms. The number of halogens is 1. The molecular formula is C22H28FN3. The van der Waals surface area contributed by atoms with Crippen molar-refractivity contribution in [2.45, 2.75) is 51.6 Å². The van der Waals surface area contributed by atoms with Crippen molar-refractivity contribution in [1.29, 1.82) is 0 Å². The minimum absolute atomic E-state index is 0.152. The van der Waals surface area contributed by atoms with Crippen LogP contribution in [0.3, 0.4) is 0 Å². The third kappa shape index (κ3) is 3.75. The molecule has 0 radical (unpaired) electrons. The minimum atomic E-state index is -0.152. The molecule has 1 saturated heterocycles. The van der Waals surface area contributed by atoms with Gasteiger partial charge in [-0.1, -0.05) is 6.07 Å². The first-order chi connectivity index (χ1) is 12.6. The lowest BCUT2D eigenvalue weighted by molar-refractivity contribution is 0.344. The fourth-order valence-corrected chi connectivity index (χ4v) is 4.21. The van der Waals surface area contributed by atoms with Crippen LogP contribution >= 0.6 is 0 Å². The Morgan fingerprint density at radius 3 is 2.50 bits per heavy atom. The number of piperidine rings is 1. The molecule has 2 fully saturated rings. The highest BCUT2D eigenvalue weighted by molar-refractivity contribution is 5.53. The van der Waals surface area contributed by atoms with Crippen LogP contribution in [0.1, 0.15) is 48.5 Å². The largest absolute Gasteiger partial charge is 0.371 e. The molecule has 1 aromatic carbocycles. The lowest BCUT2D eigenvalue weighted by Gasteiger charge is -2.36. The van der Waals surface area contributed by atoms with Crippen molar-refractivity contribution in [2.75, 3.05) is 18.0 Å². The number of anilines is 1. The van der Waals surface area contributed by atoms with Gasteiger partial charge in [-0.05, 0) is 80.8 Å². The molecule has 0 amide bonds. The highest BCUT2D eigenvalue weighted by Gasteiger charge is 2.35. The highest BCUT2D eigenvalue weighted by atomic mass is 19.1. The molecule has 0 spiro atoms. The maximum Gasteiger partial charge on any atom is 0.123 e.